The molecule has 1 saturated heterocycles. The number of hydrogen-bond donors (Lipinski definition) is 3. The summed E-state index contributed by atoms with van der Waals surface area (Å²) in [4.78, 5) is 6.52. The van der Waals surface area contributed by atoms with Crippen LogP contribution in [0.1, 0.15) is 0 Å². The summed E-state index contributed by atoms with van der Waals surface area (Å²) in [5.41, 5.74) is 5.70. The number of piperazine rings is 1. The Hall–Kier alpha value is -0.890. The van der Waals surface area contributed by atoms with Gasteiger partial charge in [0.15, 0.2) is 0 Å². The molecular weight excluding hydrogens is 208 g/mol. The monoisotopic (exact) mass is 230 g/mol. The molecule has 0 spiro atoms. The number of guanidine groups is 1. The lowest BCUT2D eigenvalue weighted by Crippen LogP contribution is -2.56. The molecule has 0 aliphatic carbocycles. The van der Waals surface area contributed by atoms with Crippen LogP contribution in [0.4, 0.5) is 0 Å². The van der Waals surface area contributed by atoms with Gasteiger partial charge in [-0.1, -0.05) is 0 Å². The van der Waals surface area contributed by atoms with Crippen molar-refractivity contribution in [3.05, 3.63) is 0 Å². The number of nitrogens with one attached hydrogen (secondary N) is 2. The number of aliphatic imine (C=N–C) groups is 1. The Bertz CT molecular complexity index is 214. The average Bonchev–Trinajstić information content (AvgIpc) is 2.31. The Labute approximate surface area is 96.6 Å². The summed E-state index contributed by atoms with van der Waals surface area (Å²) in [6.07, 6.45) is 0. The molecule has 0 aromatic rings. The molecule has 0 saturated carbocycles. The van der Waals surface area contributed by atoms with E-state index in [1.165, 1.54) is 0 Å². The van der Waals surface area contributed by atoms with Crippen molar-refractivity contribution in [2.75, 3.05) is 53.5 Å². The molecule has 0 atom stereocenters. The topological polar surface area (TPSA) is 78.1 Å². The predicted octanol–water partition coefficient (Wildman–Crippen LogP) is -1.80. The minimum Gasteiger partial charge on any atom is -0.383 e. The molecule has 0 amide bonds. The third-order valence-electron chi connectivity index (χ3n) is 2.47. The van der Waals surface area contributed by atoms with E-state index in [1.54, 1.807) is 7.11 Å². The van der Waals surface area contributed by atoms with Gasteiger partial charge in [0.2, 0.25) is 5.96 Å². The van der Waals surface area contributed by atoms with E-state index < -0.39 is 0 Å². The first-order valence-electron chi connectivity index (χ1n) is 5.46. The molecule has 1 rings (SSSR count). The van der Waals surface area contributed by atoms with Gasteiger partial charge in [0.25, 0.3) is 0 Å². The largest absolute Gasteiger partial charge is 0.383 e. The SMILES string of the molecule is COCCN=C(NN)NN1CCN(C)CC1. The number of nitrogens with two attached hydrogens (primary N) is 1. The first kappa shape index (κ1) is 13.2. The molecule has 1 fully saturated rings. The number of nitrogens with zero attached hydrogens (tertiary/aromatic N) is 3. The standard InChI is InChI=1S/C9H22N6O/c1-14-4-6-15(7-5-14)13-9(12-10)11-3-8-16-2/h3-8,10H2,1-2H3,(H2,11,12,13). The molecule has 7 heteroatoms. The van der Waals surface area contributed by atoms with Crippen LogP contribution in [0, 0.1) is 0 Å². The van der Waals surface area contributed by atoms with Crippen molar-refractivity contribution < 1.29 is 4.74 Å². The Morgan fingerprint density at radius 2 is 2.06 bits per heavy atom. The van der Waals surface area contributed by atoms with E-state index in [-0.39, 0.29) is 0 Å². The highest BCUT2D eigenvalue weighted by Crippen LogP contribution is 1.94. The third kappa shape index (κ3) is 4.75. The van der Waals surface area contributed by atoms with Gasteiger partial charge in [-0.3, -0.25) is 10.9 Å². The van der Waals surface area contributed by atoms with Crippen molar-refractivity contribution >= 4 is 5.96 Å². The highest BCUT2D eigenvalue weighted by atomic mass is 16.5. The molecular formula is C9H22N6O. The van der Waals surface area contributed by atoms with Crippen molar-refractivity contribution in [2.24, 2.45) is 10.8 Å². The second kappa shape index (κ2) is 7.39. The number of ether oxygens (including phenoxy) is 1. The van der Waals surface area contributed by atoms with Crippen LogP contribution in [-0.2, 0) is 4.74 Å². The molecule has 0 bridgehead atoms. The van der Waals surface area contributed by atoms with Gasteiger partial charge < -0.3 is 9.64 Å². The molecule has 0 radical (unpaired) electrons. The zero-order valence-corrected chi connectivity index (χ0v) is 10.1. The van der Waals surface area contributed by atoms with Gasteiger partial charge >= 0.3 is 0 Å². The van der Waals surface area contributed by atoms with Crippen molar-refractivity contribution in [2.45, 2.75) is 0 Å². The molecule has 1 aliphatic rings. The molecule has 7 nitrogen and oxygen atoms in total. The fourth-order valence-corrected chi connectivity index (χ4v) is 1.43. The normalized spacial score (nSPS) is 19.8. The Morgan fingerprint density at radius 3 is 2.62 bits per heavy atom. The smallest absolute Gasteiger partial charge is 0.220 e. The number of rotatable bonds is 4. The van der Waals surface area contributed by atoms with Gasteiger partial charge in [-0.2, -0.15) is 0 Å². The average molecular weight is 230 g/mol. The summed E-state index contributed by atoms with van der Waals surface area (Å²) < 4.78 is 4.92. The van der Waals surface area contributed by atoms with Crippen LogP contribution < -0.4 is 16.7 Å². The summed E-state index contributed by atoms with van der Waals surface area (Å²) in [6.45, 7) is 5.20. The highest BCUT2D eigenvalue weighted by Gasteiger charge is 2.14. The second-order valence-electron chi connectivity index (χ2n) is 3.77. The van der Waals surface area contributed by atoms with Crippen LogP contribution in [0.2, 0.25) is 0 Å². The van der Waals surface area contributed by atoms with Crippen LogP contribution in [0.15, 0.2) is 4.99 Å². The maximum atomic E-state index is 5.38. The van der Waals surface area contributed by atoms with Gasteiger partial charge in [-0.05, 0) is 7.05 Å². The third-order valence-corrected chi connectivity index (χ3v) is 2.47. The maximum Gasteiger partial charge on any atom is 0.220 e. The summed E-state index contributed by atoms with van der Waals surface area (Å²) in [5.74, 6) is 5.96. The van der Waals surface area contributed by atoms with Gasteiger partial charge in [-0.25, -0.2) is 15.8 Å². The molecule has 94 valence electrons. The van der Waals surface area contributed by atoms with Crippen molar-refractivity contribution in [1.29, 1.82) is 0 Å². The van der Waals surface area contributed by atoms with E-state index in [4.69, 9.17) is 10.6 Å². The van der Waals surface area contributed by atoms with E-state index in [1.807, 2.05) is 0 Å². The zero-order valence-electron chi connectivity index (χ0n) is 10.1. The minimum absolute atomic E-state index is 0.585. The van der Waals surface area contributed by atoms with Crippen molar-refractivity contribution in [3.63, 3.8) is 0 Å². The van der Waals surface area contributed by atoms with Crippen LogP contribution >= 0.6 is 0 Å². The van der Waals surface area contributed by atoms with E-state index >= 15 is 0 Å². The minimum atomic E-state index is 0.585. The highest BCUT2D eigenvalue weighted by molar-refractivity contribution is 5.78. The summed E-state index contributed by atoms with van der Waals surface area (Å²) in [7, 11) is 3.77. The maximum absolute atomic E-state index is 5.38. The number of hydrazine groups is 2. The van der Waals surface area contributed by atoms with E-state index in [2.05, 4.69) is 32.8 Å². The van der Waals surface area contributed by atoms with Crippen molar-refractivity contribution in [3.8, 4) is 0 Å². The second-order valence-corrected chi connectivity index (χ2v) is 3.77. The van der Waals surface area contributed by atoms with Gasteiger partial charge in [0.1, 0.15) is 0 Å². The fourth-order valence-electron chi connectivity index (χ4n) is 1.43. The Balaban J connectivity index is 2.29. The van der Waals surface area contributed by atoms with Crippen LogP contribution in [0.3, 0.4) is 0 Å². The lowest BCUT2D eigenvalue weighted by Gasteiger charge is -2.33. The number of methoxy groups -OCH3 is 1. The quantitative estimate of drug-likeness (QED) is 0.174. The van der Waals surface area contributed by atoms with Gasteiger partial charge in [0, 0.05) is 33.3 Å². The Morgan fingerprint density at radius 1 is 1.38 bits per heavy atom. The molecule has 16 heavy (non-hydrogen) atoms. The van der Waals surface area contributed by atoms with Gasteiger partial charge in [-0.15, -0.1) is 0 Å². The first-order valence-corrected chi connectivity index (χ1v) is 5.46. The van der Waals surface area contributed by atoms with Crippen molar-refractivity contribution in [1.82, 2.24) is 20.8 Å². The van der Waals surface area contributed by atoms with Gasteiger partial charge in [0.05, 0.1) is 13.2 Å². The van der Waals surface area contributed by atoms with E-state index in [0.29, 0.717) is 19.1 Å². The first-order chi connectivity index (χ1) is 7.76. The number of likely N-dealkylation sites (N-methyl/N-ethyl adjacent to an activating group) is 1. The summed E-state index contributed by atoms with van der Waals surface area (Å²) >= 11 is 0. The Kier molecular flexibility index (Phi) is 6.09. The number of hydrogen-bond acceptors (Lipinski definition) is 5. The molecule has 4 N–H and O–H groups in total. The summed E-state index contributed by atoms with van der Waals surface area (Å²) in [6, 6.07) is 0. The van der Waals surface area contributed by atoms with E-state index in [9.17, 15) is 0 Å². The lowest BCUT2D eigenvalue weighted by atomic mass is 10.4. The van der Waals surface area contributed by atoms with E-state index in [0.717, 1.165) is 26.2 Å². The summed E-state index contributed by atoms with van der Waals surface area (Å²) in [5, 5.41) is 2.10. The van der Waals surface area contributed by atoms with Crippen LogP contribution in [0.25, 0.3) is 0 Å². The lowest BCUT2D eigenvalue weighted by molar-refractivity contribution is 0.129. The molecule has 0 aromatic carbocycles. The molecule has 0 unspecified atom stereocenters. The fraction of sp³-hybridized carbons (Fsp3) is 0.889. The molecule has 1 heterocycles. The van der Waals surface area contributed by atoms with Crippen LogP contribution in [-0.4, -0.2) is 69.4 Å². The molecule has 0 aromatic heterocycles. The van der Waals surface area contributed by atoms with Crippen LogP contribution in [0.5, 0.6) is 0 Å². The predicted molar refractivity (Wildman–Crippen MR) is 63.7 cm³/mol. The molecule has 1 aliphatic heterocycles. The zero-order chi connectivity index (χ0) is 11.8.